The molecular formula is C22H17F4N3OS. The van der Waals surface area contributed by atoms with Crippen LogP contribution in [0.15, 0.2) is 42.5 Å². The van der Waals surface area contributed by atoms with E-state index in [1.807, 2.05) is 0 Å². The van der Waals surface area contributed by atoms with Gasteiger partial charge >= 0.3 is 6.18 Å². The minimum Gasteiger partial charge on any atom is -0.365 e. The molecule has 31 heavy (non-hydrogen) atoms. The first kappa shape index (κ1) is 21.0. The molecule has 9 heteroatoms. The van der Waals surface area contributed by atoms with Crippen molar-refractivity contribution in [1.82, 2.24) is 9.78 Å². The first-order chi connectivity index (χ1) is 14.6. The fourth-order valence-corrected chi connectivity index (χ4v) is 4.88. The number of aromatic nitrogens is 2. The van der Waals surface area contributed by atoms with E-state index < -0.39 is 23.5 Å². The second-order valence-electron chi connectivity index (χ2n) is 7.22. The molecule has 0 aliphatic rings. The number of aryl methyl sites for hydroxylation is 1. The van der Waals surface area contributed by atoms with Crippen LogP contribution in [0.4, 0.5) is 17.6 Å². The Labute approximate surface area is 178 Å². The van der Waals surface area contributed by atoms with Crippen LogP contribution in [0.25, 0.3) is 15.8 Å². The van der Waals surface area contributed by atoms with Crippen LogP contribution in [0.5, 0.6) is 0 Å². The first-order valence-electron chi connectivity index (χ1n) is 9.29. The van der Waals surface area contributed by atoms with Gasteiger partial charge in [-0.2, -0.15) is 18.3 Å². The lowest BCUT2D eigenvalue weighted by atomic mass is 10.1. The van der Waals surface area contributed by atoms with Crippen LogP contribution < -0.4 is 5.73 Å². The van der Waals surface area contributed by atoms with E-state index in [9.17, 15) is 22.4 Å². The third-order valence-electron chi connectivity index (χ3n) is 5.06. The molecule has 0 saturated heterocycles. The van der Waals surface area contributed by atoms with Gasteiger partial charge in [-0.15, -0.1) is 11.3 Å². The Morgan fingerprint density at radius 1 is 1.16 bits per heavy atom. The number of rotatable bonds is 4. The molecule has 0 unspecified atom stereocenters. The van der Waals surface area contributed by atoms with Gasteiger partial charge in [0.2, 0.25) is 0 Å². The zero-order valence-electron chi connectivity index (χ0n) is 16.5. The number of amides is 1. The fraction of sp³-hybridized carbons (Fsp3) is 0.182. The van der Waals surface area contributed by atoms with Gasteiger partial charge in [0.15, 0.2) is 0 Å². The number of thiophene rings is 1. The smallest absolute Gasteiger partial charge is 0.365 e. The largest absolute Gasteiger partial charge is 0.416 e. The molecule has 0 fully saturated rings. The topological polar surface area (TPSA) is 60.9 Å². The van der Waals surface area contributed by atoms with Crippen molar-refractivity contribution in [3.8, 4) is 5.69 Å². The summed E-state index contributed by atoms with van der Waals surface area (Å²) < 4.78 is 55.7. The van der Waals surface area contributed by atoms with Crippen molar-refractivity contribution in [2.75, 3.05) is 0 Å². The van der Waals surface area contributed by atoms with Crippen molar-refractivity contribution in [3.63, 3.8) is 0 Å². The molecule has 0 spiro atoms. The number of hydrogen-bond acceptors (Lipinski definition) is 3. The van der Waals surface area contributed by atoms with Crippen molar-refractivity contribution < 1.29 is 22.4 Å². The predicted octanol–water partition coefficient (Wildman–Crippen LogP) is 5.55. The van der Waals surface area contributed by atoms with Crippen LogP contribution in [0.1, 0.15) is 37.7 Å². The molecule has 2 heterocycles. The molecule has 0 atom stereocenters. The molecular weight excluding hydrogens is 430 g/mol. The summed E-state index contributed by atoms with van der Waals surface area (Å²) in [6.45, 7) is 3.37. The van der Waals surface area contributed by atoms with Gasteiger partial charge in [-0.05, 0) is 43.7 Å². The molecule has 0 saturated carbocycles. The lowest BCUT2D eigenvalue weighted by Crippen LogP contribution is -2.13. The van der Waals surface area contributed by atoms with E-state index in [2.05, 4.69) is 5.10 Å². The minimum atomic E-state index is -4.43. The van der Waals surface area contributed by atoms with Crippen molar-refractivity contribution in [2.24, 2.45) is 5.73 Å². The summed E-state index contributed by atoms with van der Waals surface area (Å²) in [7, 11) is 0. The van der Waals surface area contributed by atoms with Crippen molar-refractivity contribution in [3.05, 3.63) is 81.2 Å². The summed E-state index contributed by atoms with van der Waals surface area (Å²) in [5.74, 6) is -1.04. The van der Waals surface area contributed by atoms with Crippen LogP contribution in [-0.4, -0.2) is 15.7 Å². The van der Waals surface area contributed by atoms with Crippen molar-refractivity contribution >= 4 is 27.3 Å². The van der Waals surface area contributed by atoms with E-state index in [1.54, 1.807) is 36.7 Å². The molecule has 0 aliphatic carbocycles. The maximum atomic E-state index is 14.5. The summed E-state index contributed by atoms with van der Waals surface area (Å²) in [6, 6.07) is 9.59. The average molecular weight is 447 g/mol. The Kier molecular flexibility index (Phi) is 5.09. The number of primary amides is 1. The maximum absolute atomic E-state index is 14.5. The Morgan fingerprint density at radius 3 is 2.55 bits per heavy atom. The molecule has 2 aromatic heterocycles. The highest BCUT2D eigenvalue weighted by Gasteiger charge is 2.30. The summed E-state index contributed by atoms with van der Waals surface area (Å²) >= 11 is 1.28. The van der Waals surface area contributed by atoms with Gasteiger partial charge in [0.25, 0.3) is 5.91 Å². The van der Waals surface area contributed by atoms with Crippen LogP contribution in [0.3, 0.4) is 0 Å². The second-order valence-corrected chi connectivity index (χ2v) is 8.36. The highest BCUT2D eigenvalue weighted by Crippen LogP contribution is 2.36. The first-order valence-corrected chi connectivity index (χ1v) is 10.1. The normalized spacial score (nSPS) is 11.9. The predicted molar refractivity (Wildman–Crippen MR) is 111 cm³/mol. The van der Waals surface area contributed by atoms with E-state index in [4.69, 9.17) is 5.73 Å². The highest BCUT2D eigenvalue weighted by molar-refractivity contribution is 7.19. The summed E-state index contributed by atoms with van der Waals surface area (Å²) in [6.07, 6.45) is -4.20. The van der Waals surface area contributed by atoms with Gasteiger partial charge < -0.3 is 5.73 Å². The van der Waals surface area contributed by atoms with Gasteiger partial charge in [0.05, 0.1) is 32.9 Å². The number of carbonyl (C=O) groups excluding carboxylic acids is 1. The highest BCUT2D eigenvalue weighted by atomic mass is 32.1. The van der Waals surface area contributed by atoms with E-state index >= 15 is 0 Å². The number of benzene rings is 2. The standard InChI is InChI=1S/C22H17F4N3OS/c1-11-19(21(27)30)12(2)29(28-11)18-7-6-17(23)16-10-15(31-20(16)18)9-13-4-3-5-14(8-13)22(24,25)26/h3-8,10H,9H2,1-2H3,(H2,27,30). The number of nitrogens with two attached hydrogens (primary N) is 1. The number of halogens is 4. The SMILES string of the molecule is Cc1nn(-c2ccc(F)c3cc(Cc4cccc(C(F)(F)F)c4)sc23)c(C)c1C(N)=O. The van der Waals surface area contributed by atoms with E-state index in [-0.39, 0.29) is 6.42 Å². The summed E-state index contributed by atoms with van der Waals surface area (Å²) in [5, 5.41) is 4.73. The molecule has 0 aliphatic heterocycles. The second kappa shape index (κ2) is 7.49. The van der Waals surface area contributed by atoms with Gasteiger partial charge in [0, 0.05) is 16.7 Å². The monoisotopic (exact) mass is 447 g/mol. The van der Waals surface area contributed by atoms with Gasteiger partial charge in [-0.25, -0.2) is 9.07 Å². The molecule has 2 aromatic carbocycles. The van der Waals surface area contributed by atoms with E-state index in [1.165, 1.54) is 23.5 Å². The van der Waals surface area contributed by atoms with Gasteiger partial charge in [-0.3, -0.25) is 4.79 Å². The summed E-state index contributed by atoms with van der Waals surface area (Å²) in [5.41, 5.74) is 7.07. The van der Waals surface area contributed by atoms with Gasteiger partial charge in [0.1, 0.15) is 5.82 Å². The van der Waals surface area contributed by atoms with Crippen LogP contribution in [0.2, 0.25) is 0 Å². The minimum absolute atomic E-state index is 0.228. The van der Waals surface area contributed by atoms with E-state index in [0.717, 1.165) is 12.1 Å². The summed E-state index contributed by atoms with van der Waals surface area (Å²) in [4.78, 5) is 12.4. The molecule has 0 bridgehead atoms. The van der Waals surface area contributed by atoms with Crippen LogP contribution >= 0.6 is 11.3 Å². The Bertz CT molecular complexity index is 1320. The molecule has 4 rings (SSSR count). The Morgan fingerprint density at radius 2 is 1.90 bits per heavy atom. The number of carbonyl (C=O) groups is 1. The number of alkyl halides is 3. The van der Waals surface area contributed by atoms with Crippen LogP contribution in [-0.2, 0) is 12.6 Å². The molecule has 0 radical (unpaired) electrons. The third-order valence-corrected chi connectivity index (χ3v) is 6.22. The lowest BCUT2D eigenvalue weighted by molar-refractivity contribution is -0.137. The van der Waals surface area contributed by atoms with Crippen LogP contribution in [0, 0.1) is 19.7 Å². The quantitative estimate of drug-likeness (QED) is 0.417. The zero-order valence-corrected chi connectivity index (χ0v) is 17.4. The molecule has 2 N–H and O–H groups in total. The zero-order chi connectivity index (χ0) is 22.5. The van der Waals surface area contributed by atoms with Crippen molar-refractivity contribution in [2.45, 2.75) is 26.4 Å². The Hall–Kier alpha value is -3.20. The molecule has 1 amide bonds. The molecule has 4 aromatic rings. The fourth-order valence-electron chi connectivity index (χ4n) is 3.67. The maximum Gasteiger partial charge on any atom is 0.416 e. The number of nitrogens with zero attached hydrogens (tertiary/aromatic N) is 2. The van der Waals surface area contributed by atoms with Gasteiger partial charge in [-0.1, -0.05) is 18.2 Å². The van der Waals surface area contributed by atoms with E-state index in [0.29, 0.717) is 43.2 Å². The van der Waals surface area contributed by atoms with Crippen molar-refractivity contribution in [1.29, 1.82) is 0 Å². The lowest BCUT2D eigenvalue weighted by Gasteiger charge is -2.08. The molecule has 4 nitrogen and oxygen atoms in total. The molecule has 160 valence electrons. The Balaban J connectivity index is 1.80. The number of fused-ring (bicyclic) bond motifs is 1. The average Bonchev–Trinajstić information content (AvgIpc) is 3.23. The number of hydrogen-bond donors (Lipinski definition) is 1. The third kappa shape index (κ3) is 3.81.